The third-order valence-corrected chi connectivity index (χ3v) is 1.56. The number of H-pyrrole nitrogens is 1. The zero-order valence-electron chi connectivity index (χ0n) is 5.53. The number of hydrogen-bond acceptors (Lipinski definition) is 3. The number of nitrogens with one attached hydrogen (secondary N) is 1. The normalized spacial score (nSPS) is 13.5. The molecule has 1 aliphatic rings. The summed E-state index contributed by atoms with van der Waals surface area (Å²) in [5.74, 6) is -1.02. The SMILES string of the molecule is O=C(O)c1n[nH]c2c1C=NC2. The monoisotopic (exact) mass is 151 g/mol. The van der Waals surface area contributed by atoms with Crippen molar-refractivity contribution in [2.75, 3.05) is 0 Å². The standard InChI is InChI=1S/C6H5N3O2/c10-6(11)5-3-1-7-2-4(3)8-9-5/h1H,2H2,(H,8,9)(H,10,11). The average Bonchev–Trinajstić information content (AvgIpc) is 2.41. The van der Waals surface area contributed by atoms with Gasteiger partial charge >= 0.3 is 5.97 Å². The molecule has 0 spiro atoms. The Bertz CT molecular complexity index is 340. The lowest BCUT2D eigenvalue weighted by molar-refractivity contribution is 0.0690. The molecule has 0 radical (unpaired) electrons. The molecule has 2 heterocycles. The fraction of sp³-hybridized carbons (Fsp3) is 0.167. The van der Waals surface area contributed by atoms with Crippen LogP contribution in [0.5, 0.6) is 0 Å². The summed E-state index contributed by atoms with van der Waals surface area (Å²) in [4.78, 5) is 14.4. The van der Waals surface area contributed by atoms with Crippen molar-refractivity contribution in [3.05, 3.63) is 17.0 Å². The van der Waals surface area contributed by atoms with Gasteiger partial charge in [-0.2, -0.15) is 5.10 Å². The second kappa shape index (κ2) is 1.91. The van der Waals surface area contributed by atoms with Crippen molar-refractivity contribution >= 4 is 12.2 Å². The molecule has 5 nitrogen and oxygen atoms in total. The highest BCUT2D eigenvalue weighted by atomic mass is 16.4. The van der Waals surface area contributed by atoms with E-state index in [1.54, 1.807) is 0 Å². The Morgan fingerprint density at radius 3 is 3.27 bits per heavy atom. The topological polar surface area (TPSA) is 78.3 Å². The Balaban J connectivity index is 2.58. The third kappa shape index (κ3) is 0.739. The first kappa shape index (κ1) is 6.09. The van der Waals surface area contributed by atoms with E-state index in [1.165, 1.54) is 6.21 Å². The second-order valence-corrected chi connectivity index (χ2v) is 2.24. The van der Waals surface area contributed by atoms with E-state index < -0.39 is 5.97 Å². The smallest absolute Gasteiger partial charge is 0.357 e. The van der Waals surface area contributed by atoms with E-state index in [4.69, 9.17) is 5.11 Å². The van der Waals surface area contributed by atoms with Crippen molar-refractivity contribution in [1.82, 2.24) is 10.2 Å². The van der Waals surface area contributed by atoms with Crippen LogP contribution in [-0.4, -0.2) is 27.5 Å². The number of aliphatic imine (C=N–C) groups is 1. The number of rotatable bonds is 1. The van der Waals surface area contributed by atoms with Crippen LogP contribution in [0.2, 0.25) is 0 Å². The molecule has 2 rings (SSSR count). The van der Waals surface area contributed by atoms with Crippen LogP contribution in [0.4, 0.5) is 0 Å². The second-order valence-electron chi connectivity index (χ2n) is 2.24. The fourth-order valence-electron chi connectivity index (χ4n) is 1.04. The van der Waals surface area contributed by atoms with Gasteiger partial charge < -0.3 is 5.11 Å². The van der Waals surface area contributed by atoms with E-state index >= 15 is 0 Å². The molecule has 1 aliphatic heterocycles. The van der Waals surface area contributed by atoms with E-state index in [2.05, 4.69) is 15.2 Å². The van der Waals surface area contributed by atoms with Gasteiger partial charge in [0.25, 0.3) is 0 Å². The largest absolute Gasteiger partial charge is 0.476 e. The number of hydrogen-bond donors (Lipinski definition) is 2. The zero-order chi connectivity index (χ0) is 7.84. The predicted octanol–water partition coefficient (Wildman–Crippen LogP) is 0.0404. The molecule has 1 aromatic heterocycles. The molecule has 0 bridgehead atoms. The molecule has 5 heteroatoms. The summed E-state index contributed by atoms with van der Waals surface area (Å²) in [6, 6.07) is 0. The Morgan fingerprint density at radius 2 is 2.55 bits per heavy atom. The fourth-order valence-corrected chi connectivity index (χ4v) is 1.04. The molecular weight excluding hydrogens is 146 g/mol. The van der Waals surface area contributed by atoms with Crippen LogP contribution in [0.3, 0.4) is 0 Å². The van der Waals surface area contributed by atoms with E-state index in [9.17, 15) is 4.79 Å². The van der Waals surface area contributed by atoms with Gasteiger partial charge in [0.1, 0.15) is 0 Å². The summed E-state index contributed by atoms with van der Waals surface area (Å²) in [6.07, 6.45) is 1.53. The minimum atomic E-state index is -1.02. The molecule has 0 aromatic carbocycles. The molecule has 0 atom stereocenters. The molecule has 0 amide bonds. The lowest BCUT2D eigenvalue weighted by Gasteiger charge is -1.84. The van der Waals surface area contributed by atoms with Gasteiger partial charge in [-0.1, -0.05) is 0 Å². The molecule has 0 saturated carbocycles. The number of carbonyl (C=O) groups is 1. The van der Waals surface area contributed by atoms with Gasteiger partial charge in [-0.25, -0.2) is 4.79 Å². The van der Waals surface area contributed by atoms with Gasteiger partial charge in [-0.3, -0.25) is 10.1 Å². The van der Waals surface area contributed by atoms with E-state index in [0.29, 0.717) is 12.1 Å². The Morgan fingerprint density at radius 1 is 1.73 bits per heavy atom. The average molecular weight is 151 g/mol. The number of aromatic carboxylic acids is 1. The first-order valence-corrected chi connectivity index (χ1v) is 3.09. The van der Waals surface area contributed by atoms with Crippen molar-refractivity contribution in [1.29, 1.82) is 0 Å². The van der Waals surface area contributed by atoms with Crippen LogP contribution in [0, 0.1) is 0 Å². The molecule has 0 fully saturated rings. The summed E-state index contributed by atoms with van der Waals surface area (Å²) in [7, 11) is 0. The number of fused-ring (bicyclic) bond motifs is 1. The molecular formula is C6H5N3O2. The van der Waals surface area contributed by atoms with Gasteiger partial charge in [0.05, 0.1) is 17.8 Å². The first-order chi connectivity index (χ1) is 5.29. The summed E-state index contributed by atoms with van der Waals surface area (Å²) in [5, 5.41) is 14.8. The first-order valence-electron chi connectivity index (χ1n) is 3.09. The van der Waals surface area contributed by atoms with Gasteiger partial charge in [0.15, 0.2) is 5.69 Å². The molecule has 0 aliphatic carbocycles. The van der Waals surface area contributed by atoms with E-state index in [1.807, 2.05) is 0 Å². The zero-order valence-corrected chi connectivity index (χ0v) is 5.53. The van der Waals surface area contributed by atoms with Crippen LogP contribution in [0.1, 0.15) is 21.7 Å². The van der Waals surface area contributed by atoms with Gasteiger partial charge in [-0.15, -0.1) is 0 Å². The summed E-state index contributed by atoms with van der Waals surface area (Å²) >= 11 is 0. The van der Waals surface area contributed by atoms with Gasteiger partial charge in [0, 0.05) is 6.21 Å². The van der Waals surface area contributed by atoms with Gasteiger partial charge in [0.2, 0.25) is 0 Å². The highest BCUT2D eigenvalue weighted by Crippen LogP contribution is 2.14. The predicted molar refractivity (Wildman–Crippen MR) is 36.8 cm³/mol. The van der Waals surface area contributed by atoms with Crippen LogP contribution in [0.15, 0.2) is 4.99 Å². The molecule has 1 aromatic rings. The highest BCUT2D eigenvalue weighted by molar-refractivity contribution is 5.98. The lowest BCUT2D eigenvalue weighted by Crippen LogP contribution is -2.00. The molecule has 11 heavy (non-hydrogen) atoms. The molecule has 2 N–H and O–H groups in total. The minimum Gasteiger partial charge on any atom is -0.476 e. The van der Waals surface area contributed by atoms with E-state index in [-0.39, 0.29) is 5.69 Å². The summed E-state index contributed by atoms with van der Waals surface area (Å²) in [6.45, 7) is 0.510. The maximum atomic E-state index is 10.5. The van der Waals surface area contributed by atoms with Crippen LogP contribution >= 0.6 is 0 Å². The Hall–Kier alpha value is -1.65. The Kier molecular flexibility index (Phi) is 1.06. The van der Waals surface area contributed by atoms with Crippen molar-refractivity contribution in [2.24, 2.45) is 4.99 Å². The molecule has 56 valence electrons. The molecule has 0 saturated heterocycles. The van der Waals surface area contributed by atoms with Crippen LogP contribution in [0.25, 0.3) is 0 Å². The highest BCUT2D eigenvalue weighted by Gasteiger charge is 2.19. The number of carboxylic acid groups (broad SMARTS) is 1. The van der Waals surface area contributed by atoms with E-state index in [0.717, 1.165) is 5.69 Å². The van der Waals surface area contributed by atoms with Crippen molar-refractivity contribution in [3.63, 3.8) is 0 Å². The third-order valence-electron chi connectivity index (χ3n) is 1.56. The number of aromatic amines is 1. The van der Waals surface area contributed by atoms with Crippen molar-refractivity contribution < 1.29 is 9.90 Å². The van der Waals surface area contributed by atoms with Crippen LogP contribution in [-0.2, 0) is 6.54 Å². The summed E-state index contributed by atoms with van der Waals surface area (Å²) in [5.41, 5.74) is 1.45. The number of carboxylic acids is 1. The number of nitrogens with zero attached hydrogens (tertiary/aromatic N) is 2. The van der Waals surface area contributed by atoms with Crippen molar-refractivity contribution in [3.8, 4) is 0 Å². The van der Waals surface area contributed by atoms with Crippen LogP contribution < -0.4 is 0 Å². The maximum absolute atomic E-state index is 10.5. The minimum absolute atomic E-state index is 0.0567. The number of aromatic nitrogens is 2. The lowest BCUT2D eigenvalue weighted by atomic mass is 10.2. The maximum Gasteiger partial charge on any atom is 0.357 e. The Labute approximate surface area is 61.8 Å². The van der Waals surface area contributed by atoms with Gasteiger partial charge in [-0.05, 0) is 0 Å². The summed E-state index contributed by atoms with van der Waals surface area (Å²) < 4.78 is 0. The quantitative estimate of drug-likeness (QED) is 0.594. The van der Waals surface area contributed by atoms with Crippen molar-refractivity contribution in [2.45, 2.75) is 6.54 Å². The molecule has 0 unspecified atom stereocenters.